The average molecular weight is 370 g/mol. The Labute approximate surface area is 163 Å². The molecule has 0 N–H and O–H groups in total. The van der Waals surface area contributed by atoms with Gasteiger partial charge in [-0.05, 0) is 11.6 Å². The Kier molecular flexibility index (Phi) is 4.53. The van der Waals surface area contributed by atoms with Crippen LogP contribution in [-0.2, 0) is 0 Å². The molecule has 1 aliphatic carbocycles. The fourth-order valence-corrected chi connectivity index (χ4v) is 3.51. The number of rotatable bonds is 4. The molecule has 0 bridgehead atoms. The summed E-state index contributed by atoms with van der Waals surface area (Å²) in [4.78, 5) is 26.3. The van der Waals surface area contributed by atoms with Gasteiger partial charge in [0.05, 0.1) is 25.3 Å². The minimum absolute atomic E-state index is 0.237. The van der Waals surface area contributed by atoms with E-state index in [0.717, 1.165) is 5.56 Å². The topological polar surface area (TPSA) is 52.6 Å². The fraction of sp³-hybridized carbons (Fsp3) is 0.0833. The SMILES string of the molecule is COc1cc(/C=C/c2ccccc2)c(OC)c2c1C(=O)c1ccccc1C2=O. The van der Waals surface area contributed by atoms with Gasteiger partial charge in [-0.1, -0.05) is 66.7 Å². The second-order valence-corrected chi connectivity index (χ2v) is 6.40. The molecule has 0 aromatic heterocycles. The highest BCUT2D eigenvalue weighted by Crippen LogP contribution is 2.41. The third-order valence-electron chi connectivity index (χ3n) is 4.82. The van der Waals surface area contributed by atoms with E-state index in [4.69, 9.17) is 9.47 Å². The number of ketones is 2. The van der Waals surface area contributed by atoms with E-state index in [1.807, 2.05) is 42.5 Å². The smallest absolute Gasteiger partial charge is 0.198 e. The molecular formula is C24H18O4. The lowest BCUT2D eigenvalue weighted by Crippen LogP contribution is -2.23. The highest BCUT2D eigenvalue weighted by atomic mass is 16.5. The molecule has 0 spiro atoms. The van der Waals surface area contributed by atoms with Crippen molar-refractivity contribution < 1.29 is 19.1 Å². The van der Waals surface area contributed by atoms with Gasteiger partial charge >= 0.3 is 0 Å². The van der Waals surface area contributed by atoms with Crippen molar-refractivity contribution in [1.29, 1.82) is 0 Å². The zero-order valence-electron chi connectivity index (χ0n) is 15.6. The number of ether oxygens (including phenoxy) is 2. The number of methoxy groups -OCH3 is 2. The number of benzene rings is 3. The molecule has 3 aromatic carbocycles. The minimum Gasteiger partial charge on any atom is -0.496 e. The maximum absolute atomic E-state index is 13.2. The summed E-state index contributed by atoms with van der Waals surface area (Å²) in [5.74, 6) is 0.251. The Bertz CT molecular complexity index is 1110. The van der Waals surface area contributed by atoms with Crippen LogP contribution >= 0.6 is 0 Å². The van der Waals surface area contributed by atoms with E-state index in [1.54, 1.807) is 30.3 Å². The Morgan fingerprint density at radius 2 is 1.32 bits per heavy atom. The molecule has 0 aliphatic heterocycles. The number of carbonyl (C=O) groups is 2. The highest BCUT2D eigenvalue weighted by molar-refractivity contribution is 6.30. The van der Waals surface area contributed by atoms with Crippen LogP contribution in [0.3, 0.4) is 0 Å². The Balaban J connectivity index is 1.94. The van der Waals surface area contributed by atoms with Crippen LogP contribution in [0.4, 0.5) is 0 Å². The van der Waals surface area contributed by atoms with E-state index in [2.05, 4.69) is 0 Å². The number of fused-ring (bicyclic) bond motifs is 2. The molecule has 4 rings (SSSR count). The van der Waals surface area contributed by atoms with Crippen LogP contribution in [0.25, 0.3) is 12.2 Å². The first-order valence-electron chi connectivity index (χ1n) is 8.86. The molecule has 4 heteroatoms. The van der Waals surface area contributed by atoms with Gasteiger partial charge < -0.3 is 9.47 Å². The molecule has 28 heavy (non-hydrogen) atoms. The van der Waals surface area contributed by atoms with Gasteiger partial charge in [0.2, 0.25) is 0 Å². The van der Waals surface area contributed by atoms with Crippen LogP contribution in [0.1, 0.15) is 43.0 Å². The predicted molar refractivity (Wildman–Crippen MR) is 108 cm³/mol. The van der Waals surface area contributed by atoms with Crippen LogP contribution in [-0.4, -0.2) is 25.8 Å². The number of hydrogen-bond acceptors (Lipinski definition) is 4. The first-order chi connectivity index (χ1) is 13.7. The zero-order valence-corrected chi connectivity index (χ0v) is 15.6. The lowest BCUT2D eigenvalue weighted by molar-refractivity contribution is 0.0974. The summed E-state index contributed by atoms with van der Waals surface area (Å²) in [6, 6.07) is 18.3. The van der Waals surface area contributed by atoms with Crippen molar-refractivity contribution in [3.63, 3.8) is 0 Å². The van der Waals surface area contributed by atoms with Crippen LogP contribution < -0.4 is 9.47 Å². The third-order valence-corrected chi connectivity index (χ3v) is 4.82. The van der Waals surface area contributed by atoms with Crippen LogP contribution in [0.5, 0.6) is 11.5 Å². The third kappa shape index (κ3) is 2.79. The van der Waals surface area contributed by atoms with Crippen LogP contribution in [0.2, 0.25) is 0 Å². The van der Waals surface area contributed by atoms with Gasteiger partial charge in [0, 0.05) is 16.7 Å². The van der Waals surface area contributed by atoms with Gasteiger partial charge in [-0.3, -0.25) is 9.59 Å². The number of carbonyl (C=O) groups excluding carboxylic acids is 2. The van der Waals surface area contributed by atoms with E-state index >= 15 is 0 Å². The summed E-state index contributed by atoms with van der Waals surface area (Å²) in [5, 5.41) is 0. The molecule has 0 saturated carbocycles. The van der Waals surface area contributed by atoms with Crippen molar-refractivity contribution in [2.24, 2.45) is 0 Å². The Morgan fingerprint density at radius 3 is 1.93 bits per heavy atom. The second-order valence-electron chi connectivity index (χ2n) is 6.40. The van der Waals surface area contributed by atoms with Crippen molar-refractivity contribution >= 4 is 23.7 Å². The Hall–Kier alpha value is -3.66. The summed E-state index contributed by atoms with van der Waals surface area (Å²) < 4.78 is 11.1. The van der Waals surface area contributed by atoms with Gasteiger partial charge in [-0.15, -0.1) is 0 Å². The number of hydrogen-bond donors (Lipinski definition) is 0. The molecule has 0 unspecified atom stereocenters. The summed E-state index contributed by atoms with van der Waals surface area (Å²) in [6.45, 7) is 0. The zero-order chi connectivity index (χ0) is 19.7. The molecule has 3 aromatic rings. The molecular weight excluding hydrogens is 352 g/mol. The standard InChI is InChI=1S/C24H18O4/c1-27-19-14-16(13-12-15-8-4-3-5-9-15)24(28-2)21-20(19)22(25)17-10-6-7-11-18(17)23(21)26/h3-14H,1-2H3/b13-12+. The predicted octanol–water partition coefficient (Wildman–Crippen LogP) is 4.65. The quantitative estimate of drug-likeness (QED) is 0.491. The molecule has 0 heterocycles. The second kappa shape index (κ2) is 7.16. The lowest BCUT2D eigenvalue weighted by Gasteiger charge is -2.23. The molecule has 138 valence electrons. The Morgan fingerprint density at radius 1 is 0.714 bits per heavy atom. The van der Waals surface area contributed by atoms with Crippen molar-refractivity contribution in [2.75, 3.05) is 14.2 Å². The van der Waals surface area contributed by atoms with E-state index in [0.29, 0.717) is 28.2 Å². The van der Waals surface area contributed by atoms with Crippen LogP contribution in [0, 0.1) is 0 Å². The fourth-order valence-electron chi connectivity index (χ4n) is 3.51. The molecule has 1 aliphatic rings. The van der Waals surface area contributed by atoms with Crippen LogP contribution in [0.15, 0.2) is 60.7 Å². The monoisotopic (exact) mass is 370 g/mol. The lowest BCUT2D eigenvalue weighted by atomic mass is 9.82. The van der Waals surface area contributed by atoms with E-state index in [9.17, 15) is 9.59 Å². The highest BCUT2D eigenvalue weighted by Gasteiger charge is 2.36. The van der Waals surface area contributed by atoms with E-state index in [1.165, 1.54) is 14.2 Å². The molecule has 4 nitrogen and oxygen atoms in total. The summed E-state index contributed by atoms with van der Waals surface area (Å²) in [6.07, 6.45) is 3.78. The molecule has 0 fully saturated rings. The van der Waals surface area contributed by atoms with Gasteiger partial charge in [0.25, 0.3) is 0 Å². The van der Waals surface area contributed by atoms with Gasteiger partial charge in [0.1, 0.15) is 11.5 Å². The van der Waals surface area contributed by atoms with Gasteiger partial charge in [-0.2, -0.15) is 0 Å². The first kappa shape index (κ1) is 17.7. The molecule has 0 atom stereocenters. The van der Waals surface area contributed by atoms with Crippen molar-refractivity contribution in [2.45, 2.75) is 0 Å². The van der Waals surface area contributed by atoms with Crippen molar-refractivity contribution in [3.05, 3.63) is 94.0 Å². The molecule has 0 saturated heterocycles. The minimum atomic E-state index is -0.240. The maximum Gasteiger partial charge on any atom is 0.198 e. The normalized spacial score (nSPS) is 12.6. The van der Waals surface area contributed by atoms with Gasteiger partial charge in [0.15, 0.2) is 11.6 Å². The van der Waals surface area contributed by atoms with Gasteiger partial charge in [-0.25, -0.2) is 0 Å². The molecule has 0 amide bonds. The maximum atomic E-state index is 13.2. The van der Waals surface area contributed by atoms with E-state index in [-0.39, 0.29) is 22.7 Å². The summed E-state index contributed by atoms with van der Waals surface area (Å²) in [7, 11) is 2.99. The van der Waals surface area contributed by atoms with E-state index < -0.39 is 0 Å². The van der Waals surface area contributed by atoms with Crippen molar-refractivity contribution in [3.8, 4) is 11.5 Å². The average Bonchev–Trinajstić information content (AvgIpc) is 2.75. The summed E-state index contributed by atoms with van der Waals surface area (Å²) in [5.41, 5.74) is 2.94. The van der Waals surface area contributed by atoms with Crippen molar-refractivity contribution in [1.82, 2.24) is 0 Å². The summed E-state index contributed by atoms with van der Waals surface area (Å²) >= 11 is 0. The first-order valence-corrected chi connectivity index (χ1v) is 8.86. The largest absolute Gasteiger partial charge is 0.496 e. The molecule has 0 radical (unpaired) electrons.